The molecule has 0 aliphatic rings. The molecule has 1 atom stereocenters. The van der Waals surface area contributed by atoms with Crippen LogP contribution in [0.5, 0.6) is 0 Å². The molecule has 0 radical (unpaired) electrons. The lowest BCUT2D eigenvalue weighted by Gasteiger charge is -2.15. The van der Waals surface area contributed by atoms with Crippen LogP contribution in [-0.4, -0.2) is 34.1 Å². The van der Waals surface area contributed by atoms with Crippen molar-refractivity contribution >= 4 is 39.5 Å². The van der Waals surface area contributed by atoms with Crippen LogP contribution >= 0.6 is 27.7 Å². The minimum absolute atomic E-state index is 0.389. The van der Waals surface area contributed by atoms with Gasteiger partial charge in [-0.2, -0.15) is 16.7 Å². The molecule has 1 heterocycles. The number of hydrogen-bond donors (Lipinski definition) is 2. The SMILES string of the molecule is CCCNc1ncc(Br)c(NC(C)CSCC)n1. The largest absolute Gasteiger partial charge is 0.366 e. The fourth-order valence-corrected chi connectivity index (χ4v) is 2.34. The molecule has 6 heteroatoms. The molecule has 0 bridgehead atoms. The van der Waals surface area contributed by atoms with Crippen molar-refractivity contribution in [3.63, 3.8) is 0 Å². The third kappa shape index (κ3) is 5.44. The first-order valence-corrected chi connectivity index (χ1v) is 8.22. The summed E-state index contributed by atoms with van der Waals surface area (Å²) < 4.78 is 0.901. The highest BCUT2D eigenvalue weighted by molar-refractivity contribution is 9.10. The van der Waals surface area contributed by atoms with Crippen molar-refractivity contribution in [3.05, 3.63) is 10.7 Å². The summed E-state index contributed by atoms with van der Waals surface area (Å²) in [4.78, 5) is 8.70. The second-order valence-corrected chi connectivity index (χ2v) is 6.20. The normalized spacial score (nSPS) is 12.2. The van der Waals surface area contributed by atoms with Crippen molar-refractivity contribution in [2.24, 2.45) is 0 Å². The van der Waals surface area contributed by atoms with Gasteiger partial charge in [-0.05, 0) is 35.0 Å². The van der Waals surface area contributed by atoms with Crippen LogP contribution in [0, 0.1) is 0 Å². The Hall–Kier alpha value is -0.490. The lowest BCUT2D eigenvalue weighted by Crippen LogP contribution is -2.20. The number of thioether (sulfide) groups is 1. The van der Waals surface area contributed by atoms with Gasteiger partial charge in [0.1, 0.15) is 5.82 Å². The van der Waals surface area contributed by atoms with Crippen LogP contribution in [0.1, 0.15) is 27.2 Å². The van der Waals surface area contributed by atoms with E-state index in [1.165, 1.54) is 0 Å². The molecule has 0 saturated heterocycles. The number of nitrogens with one attached hydrogen (secondary N) is 2. The van der Waals surface area contributed by atoms with E-state index >= 15 is 0 Å². The molecule has 0 saturated carbocycles. The molecule has 0 aliphatic carbocycles. The number of hydrogen-bond acceptors (Lipinski definition) is 5. The summed E-state index contributed by atoms with van der Waals surface area (Å²) in [6.07, 6.45) is 2.85. The van der Waals surface area contributed by atoms with Gasteiger partial charge in [0.25, 0.3) is 0 Å². The van der Waals surface area contributed by atoms with Crippen molar-refractivity contribution in [2.75, 3.05) is 28.7 Å². The molecular formula is C12H21BrN4S. The topological polar surface area (TPSA) is 49.8 Å². The Morgan fingerprint density at radius 2 is 2.22 bits per heavy atom. The molecule has 1 aromatic heterocycles. The highest BCUT2D eigenvalue weighted by Crippen LogP contribution is 2.21. The summed E-state index contributed by atoms with van der Waals surface area (Å²) in [5.41, 5.74) is 0. The molecule has 0 fully saturated rings. The lowest BCUT2D eigenvalue weighted by atomic mass is 10.4. The Morgan fingerprint density at radius 3 is 2.89 bits per heavy atom. The maximum absolute atomic E-state index is 4.47. The van der Waals surface area contributed by atoms with Gasteiger partial charge in [-0.25, -0.2) is 4.98 Å². The molecule has 18 heavy (non-hydrogen) atoms. The zero-order valence-corrected chi connectivity index (χ0v) is 13.6. The standard InChI is InChI=1S/C12H21BrN4S/c1-4-6-14-12-15-7-10(13)11(17-12)16-9(3)8-18-5-2/h7,9H,4-6,8H2,1-3H3,(H2,14,15,16,17). The van der Waals surface area contributed by atoms with Gasteiger partial charge in [0, 0.05) is 24.5 Å². The fraction of sp³-hybridized carbons (Fsp3) is 0.667. The van der Waals surface area contributed by atoms with E-state index in [0.29, 0.717) is 12.0 Å². The molecule has 1 aromatic rings. The highest BCUT2D eigenvalue weighted by atomic mass is 79.9. The minimum Gasteiger partial charge on any atom is -0.366 e. The number of nitrogens with zero attached hydrogens (tertiary/aromatic N) is 2. The van der Waals surface area contributed by atoms with E-state index in [0.717, 1.165) is 34.8 Å². The third-order valence-electron chi connectivity index (χ3n) is 2.23. The van der Waals surface area contributed by atoms with E-state index < -0.39 is 0 Å². The molecular weight excluding hydrogens is 312 g/mol. The molecule has 4 nitrogen and oxygen atoms in total. The van der Waals surface area contributed by atoms with Gasteiger partial charge in [-0.1, -0.05) is 13.8 Å². The van der Waals surface area contributed by atoms with Crippen LogP contribution in [0.25, 0.3) is 0 Å². The van der Waals surface area contributed by atoms with Crippen molar-refractivity contribution in [1.82, 2.24) is 9.97 Å². The van der Waals surface area contributed by atoms with Gasteiger partial charge < -0.3 is 10.6 Å². The van der Waals surface area contributed by atoms with Crippen LogP contribution in [0.3, 0.4) is 0 Å². The van der Waals surface area contributed by atoms with Crippen molar-refractivity contribution in [1.29, 1.82) is 0 Å². The first-order chi connectivity index (χ1) is 8.67. The third-order valence-corrected chi connectivity index (χ3v) is 3.96. The Labute approximate surface area is 122 Å². The predicted octanol–water partition coefficient (Wildman–Crippen LogP) is 3.61. The number of aromatic nitrogens is 2. The van der Waals surface area contributed by atoms with Crippen LogP contribution in [0.2, 0.25) is 0 Å². The molecule has 0 aromatic carbocycles. The minimum atomic E-state index is 0.389. The number of halogens is 1. The van der Waals surface area contributed by atoms with Gasteiger partial charge in [0.15, 0.2) is 0 Å². The zero-order chi connectivity index (χ0) is 13.4. The zero-order valence-electron chi connectivity index (χ0n) is 11.2. The predicted molar refractivity (Wildman–Crippen MR) is 84.6 cm³/mol. The quantitative estimate of drug-likeness (QED) is 0.761. The Balaban J connectivity index is 2.62. The van der Waals surface area contributed by atoms with Crippen molar-refractivity contribution in [2.45, 2.75) is 33.2 Å². The summed E-state index contributed by atoms with van der Waals surface area (Å²) in [6, 6.07) is 0.389. The van der Waals surface area contributed by atoms with Crippen LogP contribution in [0.4, 0.5) is 11.8 Å². The monoisotopic (exact) mass is 332 g/mol. The molecule has 0 aliphatic heterocycles. The number of anilines is 2. The van der Waals surface area contributed by atoms with E-state index in [-0.39, 0.29) is 0 Å². The van der Waals surface area contributed by atoms with E-state index in [2.05, 4.69) is 57.3 Å². The second-order valence-electron chi connectivity index (χ2n) is 4.02. The average molecular weight is 333 g/mol. The van der Waals surface area contributed by atoms with Crippen molar-refractivity contribution in [3.8, 4) is 0 Å². The van der Waals surface area contributed by atoms with Crippen LogP contribution in [-0.2, 0) is 0 Å². The average Bonchev–Trinajstić information content (AvgIpc) is 2.37. The number of rotatable bonds is 8. The molecule has 1 rings (SSSR count). The molecule has 0 spiro atoms. The summed E-state index contributed by atoms with van der Waals surface area (Å²) >= 11 is 5.40. The van der Waals surface area contributed by atoms with E-state index in [9.17, 15) is 0 Å². The first-order valence-electron chi connectivity index (χ1n) is 6.28. The van der Waals surface area contributed by atoms with Gasteiger partial charge in [0.2, 0.25) is 5.95 Å². The summed E-state index contributed by atoms with van der Waals surface area (Å²) in [5.74, 6) is 3.75. The van der Waals surface area contributed by atoms with Gasteiger partial charge in [0.05, 0.1) is 4.47 Å². The van der Waals surface area contributed by atoms with E-state index in [1.807, 2.05) is 11.8 Å². The van der Waals surface area contributed by atoms with Gasteiger partial charge >= 0.3 is 0 Å². The lowest BCUT2D eigenvalue weighted by molar-refractivity contribution is 0.892. The van der Waals surface area contributed by atoms with Gasteiger partial charge in [-0.3, -0.25) is 0 Å². The summed E-state index contributed by atoms with van der Waals surface area (Å²) in [6.45, 7) is 7.35. The van der Waals surface area contributed by atoms with Crippen LogP contribution < -0.4 is 10.6 Å². The fourth-order valence-electron chi connectivity index (χ4n) is 1.36. The Bertz CT molecular complexity index is 362. The summed E-state index contributed by atoms with van der Waals surface area (Å²) in [7, 11) is 0. The van der Waals surface area contributed by atoms with Gasteiger partial charge in [-0.15, -0.1) is 0 Å². The maximum atomic E-state index is 4.47. The van der Waals surface area contributed by atoms with Crippen molar-refractivity contribution < 1.29 is 0 Å². The molecule has 0 amide bonds. The summed E-state index contributed by atoms with van der Waals surface area (Å²) in [5, 5.41) is 6.59. The van der Waals surface area contributed by atoms with E-state index in [1.54, 1.807) is 6.20 Å². The smallest absolute Gasteiger partial charge is 0.224 e. The highest BCUT2D eigenvalue weighted by Gasteiger charge is 2.08. The maximum Gasteiger partial charge on any atom is 0.224 e. The molecule has 1 unspecified atom stereocenters. The Morgan fingerprint density at radius 1 is 1.44 bits per heavy atom. The van der Waals surface area contributed by atoms with Crippen LogP contribution in [0.15, 0.2) is 10.7 Å². The molecule has 102 valence electrons. The van der Waals surface area contributed by atoms with E-state index in [4.69, 9.17) is 0 Å². The molecule has 2 N–H and O–H groups in total. The Kier molecular flexibility index (Phi) is 7.42. The first kappa shape index (κ1) is 15.6. The second kappa shape index (κ2) is 8.58.